The number of likely N-dealkylation sites (tertiary alicyclic amines) is 1. The van der Waals surface area contributed by atoms with E-state index in [1.165, 1.54) is 12.8 Å². The molecule has 0 aromatic heterocycles. The molecule has 1 saturated carbocycles. The van der Waals surface area contributed by atoms with E-state index >= 15 is 0 Å². The molecular formula is C11H20N2O2. The van der Waals surface area contributed by atoms with Crippen LogP contribution in [-0.2, 0) is 4.79 Å². The van der Waals surface area contributed by atoms with E-state index in [4.69, 9.17) is 5.11 Å². The molecule has 1 N–H and O–H groups in total. The molecule has 4 nitrogen and oxygen atoms in total. The molecule has 15 heavy (non-hydrogen) atoms. The first-order chi connectivity index (χ1) is 7.16. The minimum absolute atomic E-state index is 0.211. The van der Waals surface area contributed by atoms with Crippen LogP contribution in [0.15, 0.2) is 0 Å². The van der Waals surface area contributed by atoms with Gasteiger partial charge in [-0.25, -0.2) is 0 Å². The lowest BCUT2D eigenvalue weighted by Gasteiger charge is -2.27. The summed E-state index contributed by atoms with van der Waals surface area (Å²) in [5, 5.41) is 8.79. The van der Waals surface area contributed by atoms with E-state index in [2.05, 4.69) is 16.8 Å². The molecular weight excluding hydrogens is 192 g/mol. The van der Waals surface area contributed by atoms with Crippen molar-refractivity contribution in [1.82, 2.24) is 9.80 Å². The first-order valence-electron chi connectivity index (χ1n) is 5.83. The van der Waals surface area contributed by atoms with Crippen LogP contribution in [0.25, 0.3) is 0 Å². The fourth-order valence-corrected chi connectivity index (χ4v) is 2.48. The van der Waals surface area contributed by atoms with Crippen LogP contribution in [0.3, 0.4) is 0 Å². The van der Waals surface area contributed by atoms with Crippen LogP contribution < -0.4 is 0 Å². The normalized spacial score (nSPS) is 27.5. The van der Waals surface area contributed by atoms with Gasteiger partial charge >= 0.3 is 5.97 Å². The van der Waals surface area contributed by atoms with Gasteiger partial charge in [-0.2, -0.15) is 0 Å². The van der Waals surface area contributed by atoms with Crippen LogP contribution in [0.1, 0.15) is 25.7 Å². The number of nitrogens with zero attached hydrogens (tertiary/aromatic N) is 2. The Labute approximate surface area is 90.9 Å². The van der Waals surface area contributed by atoms with E-state index in [0.29, 0.717) is 6.04 Å². The van der Waals surface area contributed by atoms with Crippen LogP contribution in [0, 0.1) is 0 Å². The molecule has 86 valence electrons. The standard InChI is InChI=1S/C11H20N2O2/c1-12(9-4-5-9)7-10-3-2-6-13(10)8-11(14)15/h9-10H,2-8H2,1H3,(H,14,15)/t10-/m1/s1. The maximum absolute atomic E-state index is 10.7. The highest BCUT2D eigenvalue weighted by atomic mass is 16.4. The van der Waals surface area contributed by atoms with Crippen molar-refractivity contribution in [3.8, 4) is 0 Å². The largest absolute Gasteiger partial charge is 0.480 e. The lowest BCUT2D eigenvalue weighted by molar-refractivity contribution is -0.138. The zero-order valence-corrected chi connectivity index (χ0v) is 9.35. The number of carboxylic acids is 1. The number of rotatable bonds is 5. The molecule has 0 aromatic rings. The van der Waals surface area contributed by atoms with Crippen molar-refractivity contribution in [2.45, 2.75) is 37.8 Å². The summed E-state index contributed by atoms with van der Waals surface area (Å²) in [6.07, 6.45) is 4.95. The maximum atomic E-state index is 10.7. The van der Waals surface area contributed by atoms with E-state index in [9.17, 15) is 4.79 Å². The summed E-state index contributed by atoms with van der Waals surface area (Å²) in [5.41, 5.74) is 0. The Morgan fingerprint density at radius 3 is 2.80 bits per heavy atom. The van der Waals surface area contributed by atoms with Crippen LogP contribution in [0.5, 0.6) is 0 Å². The average Bonchev–Trinajstić information content (AvgIpc) is 2.92. The quantitative estimate of drug-likeness (QED) is 0.726. The van der Waals surface area contributed by atoms with E-state index < -0.39 is 5.97 Å². The van der Waals surface area contributed by atoms with Crippen molar-refractivity contribution >= 4 is 5.97 Å². The predicted molar refractivity (Wildman–Crippen MR) is 57.9 cm³/mol. The Balaban J connectivity index is 1.81. The molecule has 1 atom stereocenters. The predicted octanol–water partition coefficient (Wildman–Crippen LogP) is 0.630. The lowest BCUT2D eigenvalue weighted by Crippen LogP contribution is -2.41. The molecule has 2 fully saturated rings. The average molecular weight is 212 g/mol. The van der Waals surface area contributed by atoms with Gasteiger partial charge in [0.25, 0.3) is 0 Å². The Kier molecular flexibility index (Phi) is 3.26. The summed E-state index contributed by atoms with van der Waals surface area (Å²) < 4.78 is 0. The van der Waals surface area contributed by atoms with Gasteiger partial charge in [0, 0.05) is 18.6 Å². The molecule has 1 aliphatic heterocycles. The fourth-order valence-electron chi connectivity index (χ4n) is 2.48. The van der Waals surface area contributed by atoms with Crippen molar-refractivity contribution in [3.05, 3.63) is 0 Å². The zero-order valence-electron chi connectivity index (χ0n) is 9.35. The highest BCUT2D eigenvalue weighted by Gasteiger charge is 2.32. The molecule has 0 radical (unpaired) electrons. The molecule has 1 saturated heterocycles. The summed E-state index contributed by atoms with van der Waals surface area (Å²) in [6.45, 7) is 2.20. The fraction of sp³-hybridized carbons (Fsp3) is 0.909. The van der Waals surface area contributed by atoms with E-state index in [1.54, 1.807) is 0 Å². The van der Waals surface area contributed by atoms with Crippen LogP contribution >= 0.6 is 0 Å². The lowest BCUT2D eigenvalue weighted by atomic mass is 10.2. The van der Waals surface area contributed by atoms with Crippen LogP contribution in [0.4, 0.5) is 0 Å². The number of hydrogen-bond donors (Lipinski definition) is 1. The van der Waals surface area contributed by atoms with Crippen LogP contribution in [-0.4, -0.2) is 59.6 Å². The molecule has 4 heteroatoms. The molecule has 2 rings (SSSR count). The van der Waals surface area contributed by atoms with Crippen molar-refractivity contribution < 1.29 is 9.90 Å². The van der Waals surface area contributed by atoms with Crippen molar-refractivity contribution in [3.63, 3.8) is 0 Å². The summed E-state index contributed by atoms with van der Waals surface area (Å²) in [6, 6.07) is 1.24. The van der Waals surface area contributed by atoms with E-state index in [1.807, 2.05) is 0 Å². The monoisotopic (exact) mass is 212 g/mol. The number of carboxylic acid groups (broad SMARTS) is 1. The van der Waals surface area contributed by atoms with Gasteiger partial charge in [0.2, 0.25) is 0 Å². The molecule has 1 aliphatic carbocycles. The maximum Gasteiger partial charge on any atom is 0.317 e. The van der Waals surface area contributed by atoms with E-state index in [0.717, 1.165) is 32.0 Å². The number of aliphatic carboxylic acids is 1. The second-order valence-corrected chi connectivity index (χ2v) is 4.83. The van der Waals surface area contributed by atoms with Crippen molar-refractivity contribution in [2.24, 2.45) is 0 Å². The molecule has 0 unspecified atom stereocenters. The summed E-state index contributed by atoms with van der Waals surface area (Å²) in [5.74, 6) is -0.698. The first kappa shape index (κ1) is 10.9. The summed E-state index contributed by atoms with van der Waals surface area (Å²) >= 11 is 0. The molecule has 2 aliphatic rings. The highest BCUT2D eigenvalue weighted by molar-refractivity contribution is 5.69. The third kappa shape index (κ3) is 2.92. The van der Waals surface area contributed by atoms with E-state index in [-0.39, 0.29) is 6.54 Å². The zero-order chi connectivity index (χ0) is 10.8. The van der Waals surface area contributed by atoms with Gasteiger partial charge in [0.05, 0.1) is 6.54 Å². The molecule has 0 amide bonds. The van der Waals surface area contributed by atoms with Gasteiger partial charge in [0.1, 0.15) is 0 Å². The molecule has 0 aromatic carbocycles. The van der Waals surface area contributed by atoms with Crippen LogP contribution in [0.2, 0.25) is 0 Å². The second kappa shape index (κ2) is 4.49. The van der Waals surface area contributed by atoms with Crippen molar-refractivity contribution in [2.75, 3.05) is 26.7 Å². The third-order valence-corrected chi connectivity index (χ3v) is 3.51. The Morgan fingerprint density at radius 1 is 1.47 bits per heavy atom. The Bertz CT molecular complexity index is 241. The smallest absolute Gasteiger partial charge is 0.317 e. The van der Waals surface area contributed by atoms with Crippen molar-refractivity contribution in [1.29, 1.82) is 0 Å². The SMILES string of the molecule is CN(C[C@H]1CCCN1CC(=O)O)C1CC1. The van der Waals surface area contributed by atoms with Gasteiger partial charge in [-0.15, -0.1) is 0 Å². The number of hydrogen-bond acceptors (Lipinski definition) is 3. The highest BCUT2D eigenvalue weighted by Crippen LogP contribution is 2.27. The van der Waals surface area contributed by atoms with Gasteiger partial charge in [0.15, 0.2) is 0 Å². The Hall–Kier alpha value is -0.610. The number of carbonyl (C=O) groups is 1. The topological polar surface area (TPSA) is 43.8 Å². The molecule has 0 spiro atoms. The van der Waals surface area contributed by atoms with Gasteiger partial charge < -0.3 is 10.0 Å². The molecule has 0 bridgehead atoms. The van der Waals surface area contributed by atoms with Gasteiger partial charge in [-0.1, -0.05) is 0 Å². The minimum Gasteiger partial charge on any atom is -0.480 e. The minimum atomic E-state index is -0.698. The Morgan fingerprint density at radius 2 is 2.20 bits per heavy atom. The van der Waals surface area contributed by atoms with Gasteiger partial charge in [-0.05, 0) is 39.3 Å². The second-order valence-electron chi connectivity index (χ2n) is 4.83. The summed E-state index contributed by atoms with van der Waals surface area (Å²) in [7, 11) is 2.16. The van der Waals surface area contributed by atoms with Gasteiger partial charge in [-0.3, -0.25) is 9.69 Å². The first-order valence-corrected chi connectivity index (χ1v) is 5.83. The molecule has 1 heterocycles. The number of likely N-dealkylation sites (N-methyl/N-ethyl adjacent to an activating group) is 1. The third-order valence-electron chi connectivity index (χ3n) is 3.51. The summed E-state index contributed by atoms with van der Waals surface area (Å²) in [4.78, 5) is 15.2.